The number of ether oxygens (including phenoxy) is 1. The lowest BCUT2D eigenvalue weighted by molar-refractivity contribution is -0.161. The van der Waals surface area contributed by atoms with Gasteiger partial charge in [0.05, 0.1) is 23.0 Å². The van der Waals surface area contributed by atoms with Crippen molar-refractivity contribution in [2.75, 3.05) is 6.61 Å². The molecule has 2 aliphatic carbocycles. The molecular weight excluding hydrogens is 456 g/mol. The van der Waals surface area contributed by atoms with E-state index in [-0.39, 0.29) is 11.0 Å². The molecule has 3 rings (SSSR count). The molecule has 1 saturated carbocycles. The summed E-state index contributed by atoms with van der Waals surface area (Å²) in [6, 6.07) is 0. The van der Waals surface area contributed by atoms with Crippen LogP contribution in [0.25, 0.3) is 0 Å². The van der Waals surface area contributed by atoms with Crippen LogP contribution in [0.15, 0.2) is 24.0 Å². The number of rotatable bonds is 8. The zero-order valence-electron chi connectivity index (χ0n) is 24.0. The van der Waals surface area contributed by atoms with Gasteiger partial charge in [0.2, 0.25) is 0 Å². The minimum Gasteiger partial charge on any atom is -0.545 e. The first-order valence-electron chi connectivity index (χ1n) is 13.3. The highest BCUT2D eigenvalue weighted by atomic mass is 28.4. The molecule has 0 amide bonds. The Morgan fingerprint density at radius 2 is 1.62 bits per heavy atom. The van der Waals surface area contributed by atoms with E-state index in [9.17, 15) is 4.79 Å². The summed E-state index contributed by atoms with van der Waals surface area (Å²) in [6.45, 7) is 32.5. The smallest absolute Gasteiger partial charge is 0.307 e. The highest BCUT2D eigenvalue weighted by Crippen LogP contribution is 2.73. The van der Waals surface area contributed by atoms with Gasteiger partial charge in [0.1, 0.15) is 5.60 Å². The third-order valence-corrected chi connectivity index (χ3v) is 20.6. The van der Waals surface area contributed by atoms with E-state index in [1.54, 1.807) is 0 Å². The van der Waals surface area contributed by atoms with Crippen molar-refractivity contribution in [3.05, 3.63) is 24.0 Å². The molecule has 0 spiro atoms. The van der Waals surface area contributed by atoms with Gasteiger partial charge < -0.3 is 13.6 Å². The van der Waals surface area contributed by atoms with E-state index >= 15 is 0 Å². The third kappa shape index (κ3) is 3.56. The number of esters is 1. The second-order valence-corrected chi connectivity index (χ2v) is 24.1. The fraction of sp³-hybridized carbons (Fsp3) is 0.821. The largest absolute Gasteiger partial charge is 0.545 e. The molecule has 3 atom stereocenters. The fourth-order valence-corrected chi connectivity index (χ4v) is 13.6. The minimum atomic E-state index is -2.23. The van der Waals surface area contributed by atoms with E-state index in [1.807, 2.05) is 0 Å². The van der Waals surface area contributed by atoms with E-state index < -0.39 is 33.1 Å². The van der Waals surface area contributed by atoms with E-state index in [4.69, 9.17) is 13.6 Å². The molecule has 1 saturated heterocycles. The van der Waals surface area contributed by atoms with Crippen molar-refractivity contribution < 1.29 is 18.4 Å². The molecule has 0 radical (unpaired) electrons. The molecule has 4 nitrogen and oxygen atoms in total. The molecular formula is C28H50O4Si2. The van der Waals surface area contributed by atoms with Crippen LogP contribution in [0.2, 0.25) is 34.8 Å². The molecule has 3 aliphatic rings. The quantitative estimate of drug-likeness (QED) is 0.189. The lowest BCUT2D eigenvalue weighted by Crippen LogP contribution is -2.54. The molecule has 0 aromatic rings. The first kappa shape index (κ1) is 27.7. The second-order valence-electron chi connectivity index (χ2n) is 13.9. The number of hydrogen-bond acceptors (Lipinski definition) is 4. The summed E-state index contributed by atoms with van der Waals surface area (Å²) >= 11 is 0. The van der Waals surface area contributed by atoms with Gasteiger partial charge in [0, 0.05) is 6.61 Å². The zero-order chi connectivity index (χ0) is 26.1. The van der Waals surface area contributed by atoms with Crippen molar-refractivity contribution in [2.45, 2.75) is 129 Å². The molecule has 1 heterocycles. The van der Waals surface area contributed by atoms with Gasteiger partial charge in [-0.1, -0.05) is 74.5 Å². The minimum absolute atomic E-state index is 0.111. The number of carbonyl (C=O) groups excluding carboxylic acids is 1. The highest BCUT2D eigenvalue weighted by Gasteiger charge is 2.77. The van der Waals surface area contributed by atoms with Crippen molar-refractivity contribution in [2.24, 2.45) is 10.8 Å². The van der Waals surface area contributed by atoms with Crippen LogP contribution in [0, 0.1) is 10.8 Å². The SMILES string of the molecule is C=C1CC[C@@]23OC(=O)C[C@@]12C(O[Si](C(C)C)(C(C)C)C(C)C)=C[C@@]3(C)CO[Si](C)(C)C(C)(C)C. The molecule has 194 valence electrons. The molecule has 0 unspecified atom stereocenters. The van der Waals surface area contributed by atoms with Crippen LogP contribution in [0.5, 0.6) is 0 Å². The molecule has 0 aromatic heterocycles. The predicted molar refractivity (Wildman–Crippen MR) is 146 cm³/mol. The van der Waals surface area contributed by atoms with Crippen molar-refractivity contribution >= 4 is 22.6 Å². The standard InChI is InChI=1S/C28H50O4Si2/c1-19(2)34(20(3)4,21(5)6)32-23-16-26(11,18-30-33(12,13)25(8,9)10)28-15-14-22(7)27(23,28)17-24(29)31-28/h16,19-21H,7,14-15,17-18H2,1-6,8-13H3/t26-,27-,28-/m0/s1. The Kier molecular flexibility index (Phi) is 6.80. The number of carbonyl (C=O) groups is 1. The van der Waals surface area contributed by atoms with Gasteiger partial charge in [-0.25, -0.2) is 0 Å². The molecule has 34 heavy (non-hydrogen) atoms. The third-order valence-electron chi connectivity index (χ3n) is 10.1. The maximum atomic E-state index is 13.0. The van der Waals surface area contributed by atoms with Gasteiger partial charge in [0.15, 0.2) is 8.32 Å². The first-order valence-corrected chi connectivity index (χ1v) is 18.3. The lowest BCUT2D eigenvalue weighted by Gasteiger charge is -2.47. The van der Waals surface area contributed by atoms with Gasteiger partial charge in [-0.3, -0.25) is 4.79 Å². The van der Waals surface area contributed by atoms with Gasteiger partial charge >= 0.3 is 5.97 Å². The molecule has 0 bridgehead atoms. The number of hydrogen-bond donors (Lipinski definition) is 0. The summed E-state index contributed by atoms with van der Waals surface area (Å²) in [4.78, 5) is 13.0. The van der Waals surface area contributed by atoms with Gasteiger partial charge in [0.25, 0.3) is 8.32 Å². The Morgan fingerprint density at radius 1 is 1.09 bits per heavy atom. The fourth-order valence-electron chi connectivity index (χ4n) is 7.14. The van der Waals surface area contributed by atoms with E-state index in [1.165, 1.54) is 0 Å². The van der Waals surface area contributed by atoms with Crippen molar-refractivity contribution in [1.29, 1.82) is 0 Å². The molecule has 0 N–H and O–H groups in total. The molecule has 1 aliphatic heterocycles. The van der Waals surface area contributed by atoms with Gasteiger partial charge in [-0.15, -0.1) is 0 Å². The lowest BCUT2D eigenvalue weighted by atomic mass is 9.65. The van der Waals surface area contributed by atoms with Gasteiger partial charge in [-0.2, -0.15) is 0 Å². The summed E-state index contributed by atoms with van der Waals surface area (Å²) in [5.74, 6) is 0.837. The predicted octanol–water partition coefficient (Wildman–Crippen LogP) is 8.13. The van der Waals surface area contributed by atoms with Gasteiger partial charge in [-0.05, 0) is 60.6 Å². The maximum Gasteiger partial charge on any atom is 0.307 e. The van der Waals surface area contributed by atoms with Crippen LogP contribution in [0.4, 0.5) is 0 Å². The van der Waals surface area contributed by atoms with Crippen LogP contribution in [-0.4, -0.2) is 34.8 Å². The summed E-state index contributed by atoms with van der Waals surface area (Å²) in [6.07, 6.45) is 4.30. The molecule has 2 fully saturated rings. The Labute approximate surface area is 211 Å². The highest BCUT2D eigenvalue weighted by molar-refractivity contribution is 6.78. The van der Waals surface area contributed by atoms with Crippen LogP contribution in [0.3, 0.4) is 0 Å². The summed E-state index contributed by atoms with van der Waals surface area (Å²) in [7, 11) is -4.23. The Bertz CT molecular complexity index is 860. The maximum absolute atomic E-state index is 13.0. The van der Waals surface area contributed by atoms with Crippen molar-refractivity contribution in [3.63, 3.8) is 0 Å². The molecule has 6 heteroatoms. The summed E-state index contributed by atoms with van der Waals surface area (Å²) < 4.78 is 20.6. The zero-order valence-corrected chi connectivity index (χ0v) is 26.0. The van der Waals surface area contributed by atoms with Crippen molar-refractivity contribution in [1.82, 2.24) is 0 Å². The monoisotopic (exact) mass is 506 g/mol. The van der Waals surface area contributed by atoms with Crippen LogP contribution < -0.4 is 0 Å². The average molecular weight is 507 g/mol. The van der Waals surface area contributed by atoms with E-state index in [2.05, 4.69) is 95.0 Å². The topological polar surface area (TPSA) is 44.8 Å². The average Bonchev–Trinajstić information content (AvgIpc) is 3.20. The Balaban J connectivity index is 2.15. The normalized spacial score (nSPS) is 31.9. The van der Waals surface area contributed by atoms with Crippen LogP contribution >= 0.6 is 0 Å². The second kappa shape index (κ2) is 8.34. The summed E-state index contributed by atoms with van der Waals surface area (Å²) in [5.41, 5.74) is 0.768. The van der Waals surface area contributed by atoms with E-state index in [0.717, 1.165) is 24.2 Å². The molecule has 0 aromatic carbocycles. The van der Waals surface area contributed by atoms with Crippen LogP contribution in [-0.2, 0) is 18.4 Å². The Morgan fingerprint density at radius 3 is 2.09 bits per heavy atom. The van der Waals surface area contributed by atoms with Crippen molar-refractivity contribution in [3.8, 4) is 0 Å². The first-order chi connectivity index (χ1) is 15.3. The van der Waals surface area contributed by atoms with Crippen LogP contribution in [0.1, 0.15) is 88.5 Å². The summed E-state index contributed by atoms with van der Waals surface area (Å²) in [5, 5.41) is 0.111. The van der Waals surface area contributed by atoms with E-state index in [0.29, 0.717) is 29.7 Å². The Hall–Kier alpha value is -0.856.